The summed E-state index contributed by atoms with van der Waals surface area (Å²) in [5, 5.41) is 29.3. The highest BCUT2D eigenvalue weighted by atomic mass is 16.5. The van der Waals surface area contributed by atoms with Crippen molar-refractivity contribution in [3.05, 3.63) is 35.3 Å². The molecular weight excluding hydrogens is 188 g/mol. The molecule has 14 heavy (non-hydrogen) atoms. The Bertz CT molecular complexity index is 478. The molecule has 0 unspecified atom stereocenters. The lowest BCUT2D eigenvalue weighted by Gasteiger charge is -1.97. The first kappa shape index (κ1) is 8.36. The van der Waals surface area contributed by atoms with Crippen LogP contribution in [0.3, 0.4) is 0 Å². The van der Waals surface area contributed by atoms with Crippen molar-refractivity contribution in [3.8, 4) is 0 Å². The molecule has 0 aliphatic heterocycles. The van der Waals surface area contributed by atoms with Crippen LogP contribution in [-0.2, 0) is 0 Å². The number of rotatable bonds is 1. The fourth-order valence-corrected chi connectivity index (χ4v) is 1.31. The van der Waals surface area contributed by atoms with Crippen molar-refractivity contribution in [2.75, 3.05) is 0 Å². The van der Waals surface area contributed by atoms with Gasteiger partial charge in [0, 0.05) is 0 Å². The number of aromatic nitrogens is 2. The van der Waals surface area contributed by atoms with E-state index in [1.807, 2.05) is 0 Å². The Morgan fingerprint density at radius 1 is 1.43 bits per heavy atom. The van der Waals surface area contributed by atoms with Gasteiger partial charge in [-0.3, -0.25) is 0 Å². The quantitative estimate of drug-likeness (QED) is 0.385. The topological polar surface area (TPSA) is 89.4 Å². The van der Waals surface area contributed by atoms with E-state index in [-0.39, 0.29) is 15.8 Å². The van der Waals surface area contributed by atoms with Crippen LogP contribution in [0.1, 0.15) is 10.6 Å². The Hall–Kier alpha value is -2.24. The smallest absolute Gasteiger partial charge is 0.424 e. The molecule has 0 bridgehead atoms. The highest BCUT2D eigenvalue weighted by molar-refractivity contribution is 5.86. The highest BCUT2D eigenvalue weighted by Gasteiger charge is 2.27. The number of nitrogens with zero attached hydrogens (tertiary/aromatic N) is 2. The number of carbonyl (C=O) groups is 1. The Labute approximate surface area is 77.8 Å². The highest BCUT2D eigenvalue weighted by Crippen LogP contribution is 2.11. The summed E-state index contributed by atoms with van der Waals surface area (Å²) in [5.41, 5.74) is 0.285. The van der Waals surface area contributed by atoms with Crippen LogP contribution in [0.4, 0.5) is 0 Å². The van der Waals surface area contributed by atoms with Gasteiger partial charge >= 0.3 is 11.8 Å². The Morgan fingerprint density at radius 3 is 2.64 bits per heavy atom. The molecule has 2 N–H and O–H groups in total. The van der Waals surface area contributed by atoms with E-state index in [2.05, 4.69) is 0 Å². The summed E-state index contributed by atoms with van der Waals surface area (Å²) >= 11 is 0. The van der Waals surface area contributed by atoms with E-state index < -0.39 is 11.8 Å². The number of carboxylic acid groups (broad SMARTS) is 1. The molecule has 2 rings (SSSR count). The second kappa shape index (κ2) is 2.63. The van der Waals surface area contributed by atoms with Gasteiger partial charge in [0.25, 0.3) is 0 Å². The maximum absolute atomic E-state index is 11.3. The molecule has 0 aliphatic carbocycles. The summed E-state index contributed by atoms with van der Waals surface area (Å²) in [6.45, 7) is 0. The van der Waals surface area contributed by atoms with Crippen LogP contribution < -0.4 is 4.73 Å². The Balaban J connectivity index is 2.92. The maximum atomic E-state index is 11.3. The molecule has 0 radical (unpaired) electrons. The van der Waals surface area contributed by atoms with Gasteiger partial charge in [0.2, 0.25) is 5.52 Å². The number of aromatic carboxylic acids is 1. The van der Waals surface area contributed by atoms with Gasteiger partial charge in [-0.15, -0.1) is 0 Å². The summed E-state index contributed by atoms with van der Waals surface area (Å²) in [4.78, 5) is 10.6. The van der Waals surface area contributed by atoms with Crippen LogP contribution >= 0.6 is 0 Å². The van der Waals surface area contributed by atoms with Crippen LogP contribution in [-0.4, -0.2) is 21.0 Å². The predicted molar refractivity (Wildman–Crippen MR) is 45.0 cm³/mol. The van der Waals surface area contributed by atoms with Gasteiger partial charge in [0.05, 0.1) is 0 Å². The molecule has 1 aromatic carbocycles. The predicted octanol–water partition coefficient (Wildman–Crippen LogP) is 0.210. The number of para-hydroxylation sites is 2. The minimum atomic E-state index is -1.47. The monoisotopic (exact) mass is 194 g/mol. The standard InChI is InChI=1S/C8H6N2O4/c11-8(12)7-9(13)5-3-1-2-4-6(5)10(7)14/h1-4,13H,(H,11,12). The number of hydrogen-bond acceptors (Lipinski definition) is 3. The van der Waals surface area contributed by atoms with Gasteiger partial charge in [-0.1, -0.05) is 12.1 Å². The van der Waals surface area contributed by atoms with Crippen molar-refractivity contribution in [2.45, 2.75) is 0 Å². The number of hydrogen-bond donors (Lipinski definition) is 2. The van der Waals surface area contributed by atoms with E-state index in [0.29, 0.717) is 4.73 Å². The van der Waals surface area contributed by atoms with Crippen molar-refractivity contribution in [1.82, 2.24) is 4.73 Å². The molecule has 0 spiro atoms. The maximum Gasteiger partial charge on any atom is 0.424 e. The largest absolute Gasteiger partial charge is 0.710 e. The molecule has 1 aromatic heterocycles. The summed E-state index contributed by atoms with van der Waals surface area (Å²) < 4.78 is 0.544. The van der Waals surface area contributed by atoms with Crippen molar-refractivity contribution >= 4 is 17.0 Å². The summed E-state index contributed by atoms with van der Waals surface area (Å²) in [5.74, 6) is -2.19. The third-order valence-corrected chi connectivity index (χ3v) is 1.91. The Morgan fingerprint density at radius 2 is 2.07 bits per heavy atom. The van der Waals surface area contributed by atoms with Crippen LogP contribution in [0.15, 0.2) is 24.3 Å². The van der Waals surface area contributed by atoms with E-state index in [4.69, 9.17) is 5.11 Å². The summed E-state index contributed by atoms with van der Waals surface area (Å²) in [6, 6.07) is 6.07. The number of fused-ring (bicyclic) bond motifs is 1. The SMILES string of the molecule is O=C(O)c1n(O)c2ccccc2[n+]1[O-]. The zero-order valence-electron chi connectivity index (χ0n) is 6.91. The summed E-state index contributed by atoms with van der Waals surface area (Å²) in [6.07, 6.45) is 0. The second-order valence-corrected chi connectivity index (χ2v) is 2.72. The molecule has 0 fully saturated rings. The average Bonchev–Trinajstić information content (AvgIpc) is 2.41. The van der Waals surface area contributed by atoms with Crippen LogP contribution in [0.2, 0.25) is 0 Å². The zero-order valence-corrected chi connectivity index (χ0v) is 6.91. The summed E-state index contributed by atoms with van der Waals surface area (Å²) in [7, 11) is 0. The van der Waals surface area contributed by atoms with E-state index in [9.17, 15) is 15.2 Å². The minimum Gasteiger partial charge on any atom is -0.710 e. The number of imidazole rings is 1. The first-order valence-electron chi connectivity index (χ1n) is 3.78. The molecule has 0 saturated carbocycles. The first-order valence-corrected chi connectivity index (χ1v) is 3.78. The van der Waals surface area contributed by atoms with Gasteiger partial charge < -0.3 is 15.5 Å². The van der Waals surface area contributed by atoms with Crippen LogP contribution in [0.25, 0.3) is 11.0 Å². The van der Waals surface area contributed by atoms with Crippen molar-refractivity contribution in [3.63, 3.8) is 0 Å². The van der Waals surface area contributed by atoms with Gasteiger partial charge in [-0.25, -0.2) is 9.52 Å². The van der Waals surface area contributed by atoms with Gasteiger partial charge in [-0.05, 0) is 16.9 Å². The van der Waals surface area contributed by atoms with Crippen molar-refractivity contribution in [2.24, 2.45) is 0 Å². The molecule has 72 valence electrons. The molecule has 1 heterocycles. The lowest BCUT2D eigenvalue weighted by molar-refractivity contribution is -0.583. The molecule has 0 amide bonds. The molecular formula is C8H6N2O4. The molecule has 6 heteroatoms. The van der Waals surface area contributed by atoms with E-state index in [0.717, 1.165) is 0 Å². The van der Waals surface area contributed by atoms with E-state index in [1.54, 1.807) is 12.1 Å². The fraction of sp³-hybridized carbons (Fsp3) is 0. The molecule has 6 nitrogen and oxygen atoms in total. The Kier molecular flexibility index (Phi) is 1.57. The molecule has 2 aromatic rings. The van der Waals surface area contributed by atoms with E-state index in [1.165, 1.54) is 12.1 Å². The van der Waals surface area contributed by atoms with Gasteiger partial charge in [-0.2, -0.15) is 0 Å². The normalized spacial score (nSPS) is 10.6. The fourth-order valence-electron chi connectivity index (χ4n) is 1.31. The zero-order chi connectivity index (χ0) is 10.3. The van der Waals surface area contributed by atoms with Crippen LogP contribution in [0, 0.1) is 5.21 Å². The van der Waals surface area contributed by atoms with Gasteiger partial charge in [0.1, 0.15) is 0 Å². The molecule has 0 saturated heterocycles. The van der Waals surface area contributed by atoms with E-state index >= 15 is 0 Å². The third-order valence-electron chi connectivity index (χ3n) is 1.91. The van der Waals surface area contributed by atoms with Crippen LogP contribution in [0.5, 0.6) is 0 Å². The lowest BCUT2D eigenvalue weighted by Crippen LogP contribution is -2.34. The lowest BCUT2D eigenvalue weighted by atomic mass is 10.3. The third kappa shape index (κ3) is 0.905. The minimum absolute atomic E-state index is 0.118. The molecule has 0 aliphatic rings. The van der Waals surface area contributed by atoms with Crippen molar-refractivity contribution in [1.29, 1.82) is 0 Å². The van der Waals surface area contributed by atoms with Gasteiger partial charge in [0.15, 0.2) is 5.52 Å². The van der Waals surface area contributed by atoms with Crippen molar-refractivity contribution < 1.29 is 19.8 Å². The second-order valence-electron chi connectivity index (χ2n) is 2.72. The first-order chi connectivity index (χ1) is 6.63. The number of benzene rings is 1. The number of carboxylic acids is 1. The molecule has 0 atom stereocenters. The average molecular weight is 194 g/mol.